The molecule has 1 aliphatic rings. The summed E-state index contributed by atoms with van der Waals surface area (Å²) in [5, 5.41) is 0.732. The van der Waals surface area contributed by atoms with Gasteiger partial charge in [0.15, 0.2) is 0 Å². The molecule has 0 aromatic heterocycles. The standard InChI is InChI=1S/C11H14ClN3O/c1-15(6-9-7-16-11(13)14-9)10-4-2-3-8(12)5-10/h2-5,9H,6-7H2,1H3,(H2,13,14). The molecule has 2 rings (SSSR count). The molecule has 16 heavy (non-hydrogen) atoms. The second-order valence-corrected chi connectivity index (χ2v) is 4.23. The van der Waals surface area contributed by atoms with Crippen LogP contribution < -0.4 is 10.6 Å². The minimum atomic E-state index is 0.101. The van der Waals surface area contributed by atoms with E-state index in [2.05, 4.69) is 9.89 Å². The molecular weight excluding hydrogens is 226 g/mol. The first-order valence-electron chi connectivity index (χ1n) is 5.08. The van der Waals surface area contributed by atoms with Crippen LogP contribution in [0.2, 0.25) is 5.02 Å². The van der Waals surface area contributed by atoms with Gasteiger partial charge in [0, 0.05) is 24.3 Å². The zero-order valence-corrected chi connectivity index (χ0v) is 9.81. The van der Waals surface area contributed by atoms with Crippen LogP contribution >= 0.6 is 11.6 Å². The number of aliphatic imine (C=N–C) groups is 1. The molecule has 0 radical (unpaired) electrons. The van der Waals surface area contributed by atoms with Gasteiger partial charge in [0.25, 0.3) is 6.02 Å². The molecular formula is C11H14ClN3O. The van der Waals surface area contributed by atoms with E-state index in [0.717, 1.165) is 17.3 Å². The summed E-state index contributed by atoms with van der Waals surface area (Å²) in [6, 6.07) is 8.10. The van der Waals surface area contributed by atoms with Gasteiger partial charge in [0.2, 0.25) is 0 Å². The lowest BCUT2D eigenvalue weighted by Crippen LogP contribution is -2.28. The van der Waals surface area contributed by atoms with Crippen molar-refractivity contribution >= 4 is 23.3 Å². The van der Waals surface area contributed by atoms with Gasteiger partial charge in [-0.3, -0.25) is 0 Å². The average molecular weight is 240 g/mol. The van der Waals surface area contributed by atoms with Crippen molar-refractivity contribution in [3.05, 3.63) is 29.3 Å². The van der Waals surface area contributed by atoms with Crippen molar-refractivity contribution in [3.63, 3.8) is 0 Å². The molecule has 4 nitrogen and oxygen atoms in total. The molecule has 0 aliphatic carbocycles. The zero-order valence-electron chi connectivity index (χ0n) is 9.06. The van der Waals surface area contributed by atoms with Crippen LogP contribution in [0.4, 0.5) is 5.69 Å². The third-order valence-electron chi connectivity index (χ3n) is 2.47. The normalized spacial score (nSPS) is 19.1. The third-order valence-corrected chi connectivity index (χ3v) is 2.70. The fourth-order valence-electron chi connectivity index (χ4n) is 1.66. The Bertz CT molecular complexity index is 408. The highest BCUT2D eigenvalue weighted by molar-refractivity contribution is 6.30. The summed E-state index contributed by atoms with van der Waals surface area (Å²) < 4.78 is 5.10. The number of benzene rings is 1. The highest BCUT2D eigenvalue weighted by Crippen LogP contribution is 2.19. The van der Waals surface area contributed by atoms with Gasteiger partial charge >= 0.3 is 0 Å². The van der Waals surface area contributed by atoms with Gasteiger partial charge in [-0.15, -0.1) is 0 Å². The molecule has 5 heteroatoms. The molecule has 0 saturated carbocycles. The van der Waals surface area contributed by atoms with Crippen molar-refractivity contribution in [3.8, 4) is 0 Å². The first-order chi connectivity index (χ1) is 7.65. The van der Waals surface area contributed by atoms with Crippen LogP contribution in [0.1, 0.15) is 0 Å². The van der Waals surface area contributed by atoms with Gasteiger partial charge in [-0.2, -0.15) is 0 Å². The molecule has 1 aromatic rings. The van der Waals surface area contributed by atoms with Crippen molar-refractivity contribution in [1.29, 1.82) is 0 Å². The third kappa shape index (κ3) is 2.58. The number of ether oxygens (including phenoxy) is 1. The smallest absolute Gasteiger partial charge is 0.282 e. The maximum Gasteiger partial charge on any atom is 0.282 e. The Balaban J connectivity index is 2.00. The second-order valence-electron chi connectivity index (χ2n) is 3.79. The van der Waals surface area contributed by atoms with Crippen LogP contribution in [0.15, 0.2) is 29.3 Å². The predicted octanol–water partition coefficient (Wildman–Crippen LogP) is 1.49. The minimum absolute atomic E-state index is 0.101. The summed E-state index contributed by atoms with van der Waals surface area (Å²) in [6.45, 7) is 1.32. The topological polar surface area (TPSA) is 50.9 Å². The number of likely N-dealkylation sites (N-methyl/N-ethyl adjacent to an activating group) is 1. The molecule has 2 N–H and O–H groups in total. The van der Waals surface area contributed by atoms with Crippen LogP contribution in [0.25, 0.3) is 0 Å². The number of amidine groups is 1. The van der Waals surface area contributed by atoms with Crippen LogP contribution in [-0.2, 0) is 4.74 Å². The Morgan fingerprint density at radius 3 is 3.06 bits per heavy atom. The van der Waals surface area contributed by atoms with Gasteiger partial charge in [0.05, 0.1) is 0 Å². The van der Waals surface area contributed by atoms with Crippen molar-refractivity contribution in [2.24, 2.45) is 10.7 Å². The maximum atomic E-state index is 5.93. The minimum Gasteiger partial charge on any atom is -0.463 e. The van der Waals surface area contributed by atoms with Crippen molar-refractivity contribution in [2.75, 3.05) is 25.1 Å². The molecule has 0 bridgehead atoms. The summed E-state index contributed by atoms with van der Waals surface area (Å²) in [6.07, 6.45) is 0. The zero-order chi connectivity index (χ0) is 11.5. The first-order valence-corrected chi connectivity index (χ1v) is 5.46. The van der Waals surface area contributed by atoms with Gasteiger partial charge < -0.3 is 15.4 Å². The number of anilines is 1. The summed E-state index contributed by atoms with van der Waals surface area (Å²) in [4.78, 5) is 6.26. The Labute approximate surface area is 99.7 Å². The maximum absolute atomic E-state index is 5.93. The van der Waals surface area contributed by atoms with E-state index < -0.39 is 0 Å². The van der Waals surface area contributed by atoms with Crippen LogP contribution in [0.5, 0.6) is 0 Å². The lowest BCUT2D eigenvalue weighted by atomic mass is 10.2. The monoisotopic (exact) mass is 239 g/mol. The van der Waals surface area contributed by atoms with Gasteiger partial charge in [0.1, 0.15) is 12.6 Å². The quantitative estimate of drug-likeness (QED) is 0.870. The molecule has 0 saturated heterocycles. The van der Waals surface area contributed by atoms with E-state index in [1.165, 1.54) is 0 Å². The van der Waals surface area contributed by atoms with E-state index >= 15 is 0 Å². The average Bonchev–Trinajstić information content (AvgIpc) is 2.64. The number of nitrogens with two attached hydrogens (primary N) is 1. The summed E-state index contributed by atoms with van der Waals surface area (Å²) in [7, 11) is 2.00. The second kappa shape index (κ2) is 4.61. The molecule has 1 aliphatic heterocycles. The van der Waals surface area contributed by atoms with Crippen molar-refractivity contribution in [1.82, 2.24) is 0 Å². The van der Waals surface area contributed by atoms with Crippen LogP contribution in [-0.4, -0.2) is 32.3 Å². The molecule has 1 aromatic carbocycles. The van der Waals surface area contributed by atoms with E-state index in [1.807, 2.05) is 31.3 Å². The lowest BCUT2D eigenvalue weighted by Gasteiger charge is -2.21. The number of hydrogen-bond donors (Lipinski definition) is 1. The fraction of sp³-hybridized carbons (Fsp3) is 0.364. The SMILES string of the molecule is CN(CC1COC(N)=N1)c1cccc(Cl)c1. The summed E-state index contributed by atoms with van der Waals surface area (Å²) in [5.41, 5.74) is 6.51. The molecule has 86 valence electrons. The van der Waals surface area contributed by atoms with E-state index in [9.17, 15) is 0 Å². The Kier molecular flexibility index (Phi) is 3.19. The summed E-state index contributed by atoms with van der Waals surface area (Å²) >= 11 is 5.93. The van der Waals surface area contributed by atoms with Crippen LogP contribution in [0, 0.1) is 0 Å². The molecule has 0 spiro atoms. The van der Waals surface area contributed by atoms with Crippen molar-refractivity contribution in [2.45, 2.75) is 6.04 Å². The molecule has 0 fully saturated rings. The Morgan fingerprint density at radius 1 is 1.62 bits per heavy atom. The highest BCUT2D eigenvalue weighted by Gasteiger charge is 2.18. The number of hydrogen-bond acceptors (Lipinski definition) is 4. The van der Waals surface area contributed by atoms with E-state index in [-0.39, 0.29) is 12.1 Å². The van der Waals surface area contributed by atoms with Gasteiger partial charge in [-0.05, 0) is 18.2 Å². The Morgan fingerprint density at radius 2 is 2.44 bits per heavy atom. The highest BCUT2D eigenvalue weighted by atomic mass is 35.5. The Hall–Kier alpha value is -1.42. The molecule has 1 heterocycles. The van der Waals surface area contributed by atoms with E-state index in [4.69, 9.17) is 22.1 Å². The van der Waals surface area contributed by atoms with Gasteiger partial charge in [-0.1, -0.05) is 17.7 Å². The number of rotatable bonds is 3. The number of nitrogens with zero attached hydrogens (tertiary/aromatic N) is 2. The largest absolute Gasteiger partial charge is 0.463 e. The predicted molar refractivity (Wildman–Crippen MR) is 66.1 cm³/mol. The molecule has 1 atom stereocenters. The first kappa shape index (κ1) is 11.1. The number of halogens is 1. The van der Waals surface area contributed by atoms with E-state index in [1.54, 1.807) is 0 Å². The van der Waals surface area contributed by atoms with Gasteiger partial charge in [-0.25, -0.2) is 4.99 Å². The molecule has 1 unspecified atom stereocenters. The molecule has 0 amide bonds. The fourth-order valence-corrected chi connectivity index (χ4v) is 1.85. The van der Waals surface area contributed by atoms with Crippen LogP contribution in [0.3, 0.4) is 0 Å². The summed E-state index contributed by atoms with van der Waals surface area (Å²) in [5.74, 6) is 0. The van der Waals surface area contributed by atoms with Crippen molar-refractivity contribution < 1.29 is 4.74 Å². The lowest BCUT2D eigenvalue weighted by molar-refractivity contribution is 0.314. The van der Waals surface area contributed by atoms with E-state index in [0.29, 0.717) is 6.61 Å².